The van der Waals surface area contributed by atoms with Crippen LogP contribution in [0.25, 0.3) is 0 Å². The molecule has 0 saturated carbocycles. The lowest BCUT2D eigenvalue weighted by molar-refractivity contribution is -0.0609. The summed E-state index contributed by atoms with van der Waals surface area (Å²) in [4.78, 5) is 0. The van der Waals surface area contributed by atoms with Crippen molar-refractivity contribution >= 4 is 22.6 Å². The molecule has 3 nitrogen and oxygen atoms in total. The predicted molar refractivity (Wildman–Crippen MR) is 49.3 cm³/mol. The summed E-state index contributed by atoms with van der Waals surface area (Å²) in [6.07, 6.45) is 5.48. The average molecular weight is 264 g/mol. The van der Waals surface area contributed by atoms with Gasteiger partial charge in [-0.1, -0.05) is 0 Å². The van der Waals surface area contributed by atoms with Crippen LogP contribution in [0.15, 0.2) is 12.4 Å². The zero-order valence-corrected chi connectivity index (χ0v) is 8.19. The number of halogens is 1. The molecule has 1 atom stereocenters. The predicted octanol–water partition coefficient (Wildman–Crippen LogP) is 1.28. The highest BCUT2D eigenvalue weighted by Gasteiger charge is 2.18. The van der Waals surface area contributed by atoms with Crippen molar-refractivity contribution < 1.29 is 4.74 Å². The van der Waals surface area contributed by atoms with Crippen LogP contribution in [0.1, 0.15) is 6.42 Å². The monoisotopic (exact) mass is 264 g/mol. The van der Waals surface area contributed by atoms with Gasteiger partial charge >= 0.3 is 0 Å². The van der Waals surface area contributed by atoms with Crippen molar-refractivity contribution in [1.82, 2.24) is 9.78 Å². The van der Waals surface area contributed by atoms with Gasteiger partial charge in [0.15, 0.2) is 0 Å². The van der Waals surface area contributed by atoms with Crippen LogP contribution in [0.2, 0.25) is 0 Å². The van der Waals surface area contributed by atoms with Crippen LogP contribution in [0.4, 0.5) is 0 Å². The molecule has 11 heavy (non-hydrogen) atoms. The molecular weight excluding hydrogens is 255 g/mol. The lowest BCUT2D eigenvalue weighted by atomic mass is 10.2. The van der Waals surface area contributed by atoms with Crippen LogP contribution in [0, 0.1) is 3.57 Å². The minimum atomic E-state index is 0.408. The Morgan fingerprint density at radius 3 is 3.09 bits per heavy atom. The van der Waals surface area contributed by atoms with Gasteiger partial charge in [0.25, 0.3) is 0 Å². The van der Waals surface area contributed by atoms with Gasteiger partial charge in [-0.15, -0.1) is 0 Å². The molecule has 1 aliphatic rings. The maximum Gasteiger partial charge on any atom is 0.0792 e. The standard InChI is InChI=1S/C7H9IN2O/c8-6-3-9-10(4-6)5-7-1-2-11-7/h3-4,7H,1-2,5H2. The van der Waals surface area contributed by atoms with Crippen molar-refractivity contribution in [2.45, 2.75) is 19.1 Å². The van der Waals surface area contributed by atoms with Crippen LogP contribution < -0.4 is 0 Å². The first kappa shape index (κ1) is 7.54. The van der Waals surface area contributed by atoms with Gasteiger partial charge < -0.3 is 4.74 Å². The molecule has 1 unspecified atom stereocenters. The van der Waals surface area contributed by atoms with E-state index in [1.165, 1.54) is 9.99 Å². The van der Waals surface area contributed by atoms with E-state index < -0.39 is 0 Å². The van der Waals surface area contributed by atoms with Crippen molar-refractivity contribution in [2.24, 2.45) is 0 Å². The minimum Gasteiger partial charge on any atom is -0.376 e. The molecule has 60 valence electrons. The highest BCUT2D eigenvalue weighted by atomic mass is 127. The Balaban J connectivity index is 1.95. The third-order valence-electron chi connectivity index (χ3n) is 1.79. The maximum absolute atomic E-state index is 5.28. The zero-order valence-electron chi connectivity index (χ0n) is 6.03. The highest BCUT2D eigenvalue weighted by molar-refractivity contribution is 14.1. The summed E-state index contributed by atoms with van der Waals surface area (Å²) in [5.41, 5.74) is 0. The molecule has 0 aliphatic carbocycles. The second-order valence-corrected chi connectivity index (χ2v) is 3.91. The Hall–Kier alpha value is -0.100. The Morgan fingerprint density at radius 2 is 2.64 bits per heavy atom. The van der Waals surface area contributed by atoms with Gasteiger partial charge in [0.2, 0.25) is 0 Å². The SMILES string of the molecule is Ic1cnn(CC2CCO2)c1. The molecule has 2 rings (SSSR count). The van der Waals surface area contributed by atoms with Crippen molar-refractivity contribution in [3.8, 4) is 0 Å². The summed E-state index contributed by atoms with van der Waals surface area (Å²) in [6, 6.07) is 0. The number of ether oxygens (including phenoxy) is 1. The number of hydrogen-bond acceptors (Lipinski definition) is 2. The van der Waals surface area contributed by atoms with Crippen LogP contribution in [0.5, 0.6) is 0 Å². The quantitative estimate of drug-likeness (QED) is 0.752. The van der Waals surface area contributed by atoms with Gasteiger partial charge in [-0.2, -0.15) is 5.10 Å². The summed E-state index contributed by atoms with van der Waals surface area (Å²) < 4.78 is 8.40. The number of hydrogen-bond donors (Lipinski definition) is 0. The Kier molecular flexibility index (Phi) is 2.13. The lowest BCUT2D eigenvalue weighted by Crippen LogP contribution is -2.31. The molecule has 0 N–H and O–H groups in total. The molecule has 0 amide bonds. The third kappa shape index (κ3) is 1.73. The van der Waals surface area contributed by atoms with E-state index in [4.69, 9.17) is 4.74 Å². The first-order valence-corrected chi connectivity index (χ1v) is 4.72. The molecule has 1 saturated heterocycles. The second-order valence-electron chi connectivity index (χ2n) is 2.66. The van der Waals surface area contributed by atoms with Crippen molar-refractivity contribution in [1.29, 1.82) is 0 Å². The summed E-state index contributed by atoms with van der Waals surface area (Å²) in [5, 5.41) is 4.17. The van der Waals surface area contributed by atoms with Gasteiger partial charge in [-0.05, 0) is 29.0 Å². The van der Waals surface area contributed by atoms with Gasteiger partial charge in [0.1, 0.15) is 0 Å². The summed E-state index contributed by atoms with van der Waals surface area (Å²) in [7, 11) is 0. The van der Waals surface area contributed by atoms with E-state index >= 15 is 0 Å². The summed E-state index contributed by atoms with van der Waals surface area (Å²) in [6.45, 7) is 1.83. The highest BCUT2D eigenvalue weighted by Crippen LogP contribution is 2.13. The Bertz CT molecular complexity index is 244. The smallest absolute Gasteiger partial charge is 0.0792 e. The maximum atomic E-state index is 5.28. The fourth-order valence-electron chi connectivity index (χ4n) is 1.08. The number of aromatic nitrogens is 2. The summed E-state index contributed by atoms with van der Waals surface area (Å²) >= 11 is 2.25. The topological polar surface area (TPSA) is 27.1 Å². The second kappa shape index (κ2) is 3.10. The molecule has 1 aromatic heterocycles. The van der Waals surface area contributed by atoms with Gasteiger partial charge in [-0.3, -0.25) is 4.68 Å². The van der Waals surface area contributed by atoms with Crippen LogP contribution in [-0.2, 0) is 11.3 Å². The van der Waals surface area contributed by atoms with E-state index in [2.05, 4.69) is 27.7 Å². The van der Waals surface area contributed by atoms with Gasteiger partial charge in [0, 0.05) is 12.8 Å². The van der Waals surface area contributed by atoms with Crippen LogP contribution >= 0.6 is 22.6 Å². The van der Waals surface area contributed by atoms with E-state index in [-0.39, 0.29) is 0 Å². The largest absolute Gasteiger partial charge is 0.376 e. The van der Waals surface area contributed by atoms with E-state index in [9.17, 15) is 0 Å². The van der Waals surface area contributed by atoms with E-state index in [0.29, 0.717) is 6.10 Å². The number of nitrogens with zero attached hydrogens (tertiary/aromatic N) is 2. The van der Waals surface area contributed by atoms with E-state index in [0.717, 1.165) is 13.2 Å². The first-order valence-electron chi connectivity index (χ1n) is 3.64. The average Bonchev–Trinajstić information content (AvgIpc) is 2.27. The Labute approximate surface area is 78.9 Å². The normalized spacial score (nSPS) is 23.2. The molecule has 0 radical (unpaired) electrons. The minimum absolute atomic E-state index is 0.408. The van der Waals surface area contributed by atoms with E-state index in [1.807, 2.05) is 17.1 Å². The number of rotatable bonds is 2. The molecule has 1 aliphatic heterocycles. The van der Waals surface area contributed by atoms with E-state index in [1.54, 1.807) is 0 Å². The molecule has 0 aromatic carbocycles. The van der Waals surface area contributed by atoms with Crippen LogP contribution in [-0.4, -0.2) is 22.5 Å². The van der Waals surface area contributed by atoms with Gasteiger partial charge in [0.05, 0.1) is 22.4 Å². The van der Waals surface area contributed by atoms with Crippen molar-refractivity contribution in [3.05, 3.63) is 16.0 Å². The van der Waals surface area contributed by atoms with Crippen molar-refractivity contribution in [2.75, 3.05) is 6.61 Å². The molecule has 2 heterocycles. The fraction of sp³-hybridized carbons (Fsp3) is 0.571. The molecule has 0 spiro atoms. The Morgan fingerprint density at radius 1 is 1.82 bits per heavy atom. The molecule has 0 bridgehead atoms. The molecule has 4 heteroatoms. The zero-order chi connectivity index (χ0) is 7.68. The van der Waals surface area contributed by atoms with Crippen LogP contribution in [0.3, 0.4) is 0 Å². The first-order chi connectivity index (χ1) is 5.34. The molecule has 1 fully saturated rings. The molecular formula is C7H9IN2O. The summed E-state index contributed by atoms with van der Waals surface area (Å²) in [5.74, 6) is 0. The van der Waals surface area contributed by atoms with Crippen molar-refractivity contribution in [3.63, 3.8) is 0 Å². The molecule has 1 aromatic rings. The fourth-order valence-corrected chi connectivity index (χ4v) is 1.52. The third-order valence-corrected chi connectivity index (χ3v) is 2.34. The van der Waals surface area contributed by atoms with Gasteiger partial charge in [-0.25, -0.2) is 0 Å². The lowest BCUT2D eigenvalue weighted by Gasteiger charge is -2.25.